The van der Waals surface area contributed by atoms with Crippen molar-refractivity contribution >= 4 is 35.0 Å². The largest absolute Gasteiger partial charge is 0.381 e. The molecule has 1 N–H and O–H groups in total. The number of nitrogens with one attached hydrogen (secondary N) is 1. The van der Waals surface area contributed by atoms with Gasteiger partial charge in [-0.3, -0.25) is 4.79 Å². The molecule has 0 bridgehead atoms. The zero-order valence-corrected chi connectivity index (χ0v) is 16.5. The Labute approximate surface area is 163 Å². The quantitative estimate of drug-likeness (QED) is 0.770. The second-order valence-electron chi connectivity index (χ2n) is 6.26. The molecule has 6 heteroatoms. The Morgan fingerprint density at radius 2 is 1.92 bits per heavy atom. The minimum atomic E-state index is -0.276. The lowest BCUT2D eigenvalue weighted by atomic mass is 9.86. The van der Waals surface area contributed by atoms with E-state index in [9.17, 15) is 4.79 Å². The third-order valence-electron chi connectivity index (χ3n) is 4.54. The third-order valence-corrected chi connectivity index (χ3v) is 5.83. The highest BCUT2D eigenvalue weighted by atomic mass is 35.5. The number of benzene rings is 2. The van der Waals surface area contributed by atoms with Gasteiger partial charge in [-0.2, -0.15) is 0 Å². The highest BCUT2D eigenvalue weighted by Crippen LogP contribution is 2.39. The topological polar surface area (TPSA) is 47.6 Å². The monoisotopic (exact) mass is 391 g/mol. The zero-order chi connectivity index (χ0) is 18.6. The normalized spacial score (nSPS) is 16.3. The molecule has 26 heavy (non-hydrogen) atoms. The van der Waals surface area contributed by atoms with Gasteiger partial charge in [0.15, 0.2) is 0 Å². The van der Waals surface area contributed by atoms with Crippen molar-refractivity contribution in [2.75, 3.05) is 25.6 Å². The van der Waals surface area contributed by atoms with Crippen LogP contribution in [0.15, 0.2) is 52.3 Å². The van der Waals surface area contributed by atoms with Crippen LogP contribution in [0.5, 0.6) is 0 Å². The molecule has 0 aliphatic carbocycles. The van der Waals surface area contributed by atoms with Gasteiger partial charge in [0.2, 0.25) is 5.91 Å². The summed E-state index contributed by atoms with van der Waals surface area (Å²) in [5.41, 5.74) is 1.52. The molecule has 0 atom stereocenters. The first-order chi connectivity index (χ1) is 12.5. The molecular formula is C20H22ClNO3S. The van der Waals surface area contributed by atoms with E-state index < -0.39 is 0 Å². The van der Waals surface area contributed by atoms with Crippen molar-refractivity contribution in [3.05, 3.63) is 53.1 Å². The number of amides is 1. The van der Waals surface area contributed by atoms with Gasteiger partial charge < -0.3 is 14.8 Å². The number of carbonyl (C=O) groups is 1. The summed E-state index contributed by atoms with van der Waals surface area (Å²) in [7, 11) is 1.77. The lowest BCUT2D eigenvalue weighted by Crippen LogP contribution is -2.35. The molecule has 3 rings (SSSR count). The average molecular weight is 392 g/mol. The molecular weight excluding hydrogens is 370 g/mol. The van der Waals surface area contributed by atoms with Crippen molar-refractivity contribution in [1.82, 2.24) is 0 Å². The fraction of sp³-hybridized carbons (Fsp3) is 0.350. The Kier molecular flexibility index (Phi) is 6.24. The van der Waals surface area contributed by atoms with Gasteiger partial charge in [-0.05, 0) is 35.9 Å². The first kappa shape index (κ1) is 19.2. The predicted octanol–water partition coefficient (Wildman–Crippen LogP) is 5.10. The summed E-state index contributed by atoms with van der Waals surface area (Å²) < 4.78 is 11.4. The summed E-state index contributed by atoms with van der Waals surface area (Å²) in [5, 5.41) is 3.25. The maximum absolute atomic E-state index is 11.2. The van der Waals surface area contributed by atoms with Gasteiger partial charge in [0.05, 0.1) is 16.3 Å². The minimum Gasteiger partial charge on any atom is -0.381 e. The van der Waals surface area contributed by atoms with E-state index in [1.807, 2.05) is 18.2 Å². The molecule has 1 aliphatic rings. The first-order valence-electron chi connectivity index (χ1n) is 8.51. The number of hydrogen-bond acceptors (Lipinski definition) is 4. The Bertz CT molecular complexity index is 790. The van der Waals surface area contributed by atoms with E-state index >= 15 is 0 Å². The molecule has 2 aromatic rings. The van der Waals surface area contributed by atoms with E-state index in [0.29, 0.717) is 23.9 Å². The SMILES string of the molecule is COC1(c2cccc(Sc3ccc(NC(C)=O)c(Cl)c3)c2)CCOCC1. The molecule has 1 amide bonds. The van der Waals surface area contributed by atoms with Crippen molar-refractivity contribution in [1.29, 1.82) is 0 Å². The number of methoxy groups -OCH3 is 1. The van der Waals surface area contributed by atoms with Gasteiger partial charge in [-0.15, -0.1) is 0 Å². The van der Waals surface area contributed by atoms with Crippen molar-refractivity contribution in [2.45, 2.75) is 35.2 Å². The van der Waals surface area contributed by atoms with Crippen LogP contribution in [0.4, 0.5) is 5.69 Å². The van der Waals surface area contributed by atoms with E-state index in [0.717, 1.165) is 22.6 Å². The van der Waals surface area contributed by atoms with Gasteiger partial charge in [0, 0.05) is 49.9 Å². The van der Waals surface area contributed by atoms with Crippen LogP contribution in [0.25, 0.3) is 0 Å². The fourth-order valence-corrected chi connectivity index (χ4v) is 4.35. The van der Waals surface area contributed by atoms with Gasteiger partial charge in [-0.25, -0.2) is 0 Å². The lowest BCUT2D eigenvalue weighted by Gasteiger charge is -2.36. The van der Waals surface area contributed by atoms with E-state index in [1.165, 1.54) is 12.5 Å². The van der Waals surface area contributed by atoms with Crippen molar-refractivity contribution in [3.63, 3.8) is 0 Å². The standard InChI is InChI=1S/C20H22ClNO3S/c1-14(23)22-19-7-6-17(13-18(19)21)26-16-5-3-4-15(12-16)20(24-2)8-10-25-11-9-20/h3-7,12-13H,8-11H2,1-2H3,(H,22,23). The first-order valence-corrected chi connectivity index (χ1v) is 9.70. The number of hydrogen-bond donors (Lipinski definition) is 1. The minimum absolute atomic E-state index is 0.138. The molecule has 1 heterocycles. The number of rotatable bonds is 5. The summed E-state index contributed by atoms with van der Waals surface area (Å²) in [6.07, 6.45) is 1.71. The zero-order valence-electron chi connectivity index (χ0n) is 14.9. The van der Waals surface area contributed by atoms with Crippen LogP contribution in [0, 0.1) is 0 Å². The fourth-order valence-electron chi connectivity index (χ4n) is 3.14. The van der Waals surface area contributed by atoms with Gasteiger partial charge >= 0.3 is 0 Å². The Hall–Kier alpha value is -1.53. The van der Waals surface area contributed by atoms with E-state index in [2.05, 4.69) is 29.6 Å². The number of halogens is 1. The maximum atomic E-state index is 11.2. The second kappa shape index (κ2) is 8.44. The highest BCUT2D eigenvalue weighted by molar-refractivity contribution is 7.99. The maximum Gasteiger partial charge on any atom is 0.221 e. The molecule has 138 valence electrons. The molecule has 1 aliphatic heterocycles. The Morgan fingerprint density at radius 1 is 1.19 bits per heavy atom. The predicted molar refractivity (Wildman–Crippen MR) is 105 cm³/mol. The molecule has 0 unspecified atom stereocenters. The number of carbonyl (C=O) groups excluding carboxylic acids is 1. The van der Waals surface area contributed by atoms with Crippen LogP contribution in [0.3, 0.4) is 0 Å². The molecule has 1 saturated heterocycles. The summed E-state index contributed by atoms with van der Waals surface area (Å²) in [4.78, 5) is 13.3. The van der Waals surface area contributed by atoms with Gasteiger partial charge in [0.1, 0.15) is 0 Å². The Balaban J connectivity index is 1.80. The number of ether oxygens (including phenoxy) is 2. The second-order valence-corrected chi connectivity index (χ2v) is 7.82. The molecule has 2 aromatic carbocycles. The Morgan fingerprint density at radius 3 is 2.58 bits per heavy atom. The van der Waals surface area contributed by atoms with Crippen LogP contribution in [0.1, 0.15) is 25.3 Å². The summed E-state index contributed by atoms with van der Waals surface area (Å²) >= 11 is 7.91. The molecule has 0 radical (unpaired) electrons. The third kappa shape index (κ3) is 4.41. The van der Waals surface area contributed by atoms with E-state index in [-0.39, 0.29) is 11.5 Å². The summed E-state index contributed by atoms with van der Waals surface area (Å²) in [5.74, 6) is -0.138. The van der Waals surface area contributed by atoms with Crippen LogP contribution >= 0.6 is 23.4 Å². The van der Waals surface area contributed by atoms with Gasteiger partial charge in [0.25, 0.3) is 0 Å². The average Bonchev–Trinajstić information content (AvgIpc) is 2.64. The van der Waals surface area contributed by atoms with Crippen molar-refractivity contribution in [2.24, 2.45) is 0 Å². The summed E-state index contributed by atoms with van der Waals surface area (Å²) in [6, 6.07) is 14.1. The smallest absolute Gasteiger partial charge is 0.221 e. The number of anilines is 1. The highest BCUT2D eigenvalue weighted by Gasteiger charge is 2.34. The lowest BCUT2D eigenvalue weighted by molar-refractivity contribution is -0.114. The van der Waals surface area contributed by atoms with E-state index in [1.54, 1.807) is 18.9 Å². The molecule has 4 nitrogen and oxygen atoms in total. The van der Waals surface area contributed by atoms with Crippen molar-refractivity contribution < 1.29 is 14.3 Å². The van der Waals surface area contributed by atoms with Crippen LogP contribution in [-0.4, -0.2) is 26.2 Å². The van der Waals surface area contributed by atoms with Crippen LogP contribution in [0.2, 0.25) is 5.02 Å². The van der Waals surface area contributed by atoms with Crippen LogP contribution < -0.4 is 5.32 Å². The van der Waals surface area contributed by atoms with E-state index in [4.69, 9.17) is 21.1 Å². The molecule has 0 saturated carbocycles. The van der Waals surface area contributed by atoms with Gasteiger partial charge in [-0.1, -0.05) is 35.5 Å². The van der Waals surface area contributed by atoms with Crippen molar-refractivity contribution in [3.8, 4) is 0 Å². The van der Waals surface area contributed by atoms with Crippen LogP contribution in [-0.2, 0) is 19.9 Å². The molecule has 1 fully saturated rings. The molecule has 0 spiro atoms. The summed E-state index contributed by atoms with van der Waals surface area (Å²) in [6.45, 7) is 2.89. The molecule has 0 aromatic heterocycles.